The number of aliphatic imine (C=N–C) groups is 1. The predicted octanol–water partition coefficient (Wildman–Crippen LogP) is 1.75. The maximum absolute atomic E-state index is 11.7. The third kappa shape index (κ3) is 1.90. The number of nitrogens with one attached hydrogen (secondary N) is 1. The van der Waals surface area contributed by atoms with Crippen LogP contribution in [-0.4, -0.2) is 29.5 Å². The van der Waals surface area contributed by atoms with Gasteiger partial charge in [-0.15, -0.1) is 0 Å². The Labute approximate surface area is 127 Å². The highest BCUT2D eigenvalue weighted by Crippen LogP contribution is 2.34. The number of hydrogen-bond donors (Lipinski definition) is 1. The molecule has 3 heterocycles. The van der Waals surface area contributed by atoms with Crippen LogP contribution in [0.5, 0.6) is 0 Å². The Morgan fingerprint density at radius 2 is 2.00 bits per heavy atom. The summed E-state index contributed by atoms with van der Waals surface area (Å²) in [4.78, 5) is 29.1. The first-order valence-electron chi connectivity index (χ1n) is 7.10. The van der Waals surface area contributed by atoms with Crippen LogP contribution in [-0.2, 0) is 4.79 Å². The summed E-state index contributed by atoms with van der Waals surface area (Å²) in [5.74, 6) is 0.743. The molecule has 0 spiro atoms. The minimum Gasteiger partial charge on any atom is -0.324 e. The molecule has 3 aliphatic heterocycles. The largest absolute Gasteiger partial charge is 0.324 e. The number of allylic oxidation sites excluding steroid dienone is 1. The molecule has 0 aliphatic carbocycles. The predicted molar refractivity (Wildman–Crippen MR) is 82.1 cm³/mol. The summed E-state index contributed by atoms with van der Waals surface area (Å²) in [5, 5.41) is 2.93. The van der Waals surface area contributed by atoms with Crippen LogP contribution < -0.4 is 5.32 Å². The second-order valence-electron chi connectivity index (χ2n) is 5.33. The first-order chi connectivity index (χ1) is 10.8. The molecule has 0 unspecified atom stereocenters. The van der Waals surface area contributed by atoms with Crippen molar-refractivity contribution in [3.63, 3.8) is 0 Å². The fourth-order valence-corrected chi connectivity index (χ4v) is 2.96. The third-order valence-corrected chi connectivity index (χ3v) is 3.99. The van der Waals surface area contributed by atoms with Gasteiger partial charge in [-0.2, -0.15) is 0 Å². The van der Waals surface area contributed by atoms with Crippen molar-refractivity contribution in [2.45, 2.75) is 6.42 Å². The average molecular weight is 291 g/mol. The van der Waals surface area contributed by atoms with Gasteiger partial charge in [0.05, 0.1) is 5.70 Å². The maximum atomic E-state index is 11.7. The van der Waals surface area contributed by atoms with E-state index in [2.05, 4.69) is 15.2 Å². The van der Waals surface area contributed by atoms with Gasteiger partial charge in [-0.3, -0.25) is 9.59 Å². The van der Waals surface area contributed by atoms with Gasteiger partial charge in [-0.05, 0) is 6.08 Å². The molecule has 1 aromatic carbocycles. The fourth-order valence-electron chi connectivity index (χ4n) is 2.96. The molecular formula is C17H13N3O2. The highest BCUT2D eigenvalue weighted by Gasteiger charge is 2.32. The molecule has 0 bridgehead atoms. The molecule has 1 N–H and O–H groups in total. The van der Waals surface area contributed by atoms with Gasteiger partial charge in [0.1, 0.15) is 12.1 Å². The van der Waals surface area contributed by atoms with Crippen molar-refractivity contribution in [1.82, 2.24) is 10.2 Å². The van der Waals surface area contributed by atoms with E-state index in [0.29, 0.717) is 5.56 Å². The number of amides is 1. The van der Waals surface area contributed by atoms with E-state index in [1.165, 1.54) is 6.08 Å². The van der Waals surface area contributed by atoms with E-state index < -0.39 is 0 Å². The number of amidine groups is 1. The molecule has 108 valence electrons. The Morgan fingerprint density at radius 3 is 2.77 bits per heavy atom. The van der Waals surface area contributed by atoms with Crippen LogP contribution in [0.4, 0.5) is 0 Å². The summed E-state index contributed by atoms with van der Waals surface area (Å²) in [7, 11) is 0. The average Bonchev–Trinajstić information content (AvgIpc) is 2.89. The molecule has 0 atom stereocenters. The van der Waals surface area contributed by atoms with Gasteiger partial charge in [-0.25, -0.2) is 4.99 Å². The molecule has 1 aromatic rings. The lowest BCUT2D eigenvalue weighted by Gasteiger charge is -2.27. The first-order valence-corrected chi connectivity index (χ1v) is 7.10. The van der Waals surface area contributed by atoms with Crippen LogP contribution in [0.1, 0.15) is 22.3 Å². The lowest BCUT2D eigenvalue weighted by molar-refractivity contribution is -0.115. The summed E-state index contributed by atoms with van der Waals surface area (Å²) < 4.78 is 0. The Bertz CT molecular complexity index is 798. The Morgan fingerprint density at radius 1 is 1.18 bits per heavy atom. The van der Waals surface area contributed by atoms with Gasteiger partial charge in [0.2, 0.25) is 5.91 Å². The van der Waals surface area contributed by atoms with Gasteiger partial charge in [-0.1, -0.05) is 24.3 Å². The van der Waals surface area contributed by atoms with Crippen molar-refractivity contribution >= 4 is 18.0 Å². The maximum Gasteiger partial charge on any atom is 0.248 e. The summed E-state index contributed by atoms with van der Waals surface area (Å²) in [6, 6.07) is 7.35. The minimum absolute atomic E-state index is 0.100. The standard InChI is InChI=1S/C17H13N3O2/c21-10-11-1-3-12(4-2-11)17-18-9-13-5-6-15(22)19-14-7-8-20(17)16(13)14/h1-6,9-10H,7-8H2,(H,19,22). The van der Waals surface area contributed by atoms with E-state index in [0.717, 1.165) is 47.6 Å². The van der Waals surface area contributed by atoms with E-state index >= 15 is 0 Å². The van der Waals surface area contributed by atoms with Gasteiger partial charge < -0.3 is 10.2 Å². The molecule has 5 heteroatoms. The Balaban J connectivity index is 1.79. The van der Waals surface area contributed by atoms with Crippen LogP contribution in [0.2, 0.25) is 0 Å². The Kier molecular flexibility index (Phi) is 2.79. The number of aldehydes is 1. The lowest BCUT2D eigenvalue weighted by Crippen LogP contribution is -2.31. The third-order valence-electron chi connectivity index (χ3n) is 3.99. The smallest absolute Gasteiger partial charge is 0.248 e. The number of carbonyl (C=O) groups excluding carboxylic acids is 2. The number of carbonyl (C=O) groups is 2. The molecule has 4 rings (SSSR count). The second kappa shape index (κ2) is 4.80. The zero-order chi connectivity index (χ0) is 15.1. The molecular weight excluding hydrogens is 278 g/mol. The summed E-state index contributed by atoms with van der Waals surface area (Å²) in [5.41, 5.74) is 4.50. The Hall–Kier alpha value is -2.95. The van der Waals surface area contributed by atoms with Crippen molar-refractivity contribution < 1.29 is 9.59 Å². The molecule has 0 fully saturated rings. The van der Waals surface area contributed by atoms with Crippen molar-refractivity contribution in [1.29, 1.82) is 0 Å². The number of nitrogens with zero attached hydrogens (tertiary/aromatic N) is 2. The summed E-state index contributed by atoms with van der Waals surface area (Å²) in [6.45, 7) is 0.782. The van der Waals surface area contributed by atoms with Gasteiger partial charge >= 0.3 is 0 Å². The van der Waals surface area contributed by atoms with E-state index in [1.54, 1.807) is 24.4 Å². The number of benzene rings is 1. The van der Waals surface area contributed by atoms with E-state index in [1.807, 2.05) is 12.1 Å². The number of hydrogen-bond acceptors (Lipinski definition) is 4. The van der Waals surface area contributed by atoms with Gasteiger partial charge in [0.25, 0.3) is 0 Å². The first kappa shape index (κ1) is 12.8. The van der Waals surface area contributed by atoms with Crippen LogP contribution in [0.25, 0.3) is 0 Å². The van der Waals surface area contributed by atoms with Crippen molar-refractivity contribution in [2.24, 2.45) is 4.99 Å². The topological polar surface area (TPSA) is 61.8 Å². The normalized spacial score (nSPS) is 19.3. The zero-order valence-electron chi connectivity index (χ0n) is 11.7. The van der Waals surface area contributed by atoms with Crippen LogP contribution in [0, 0.1) is 0 Å². The van der Waals surface area contributed by atoms with E-state index in [-0.39, 0.29) is 5.91 Å². The molecule has 0 saturated carbocycles. The van der Waals surface area contributed by atoms with Gasteiger partial charge in [0, 0.05) is 47.6 Å². The summed E-state index contributed by atoms with van der Waals surface area (Å²) >= 11 is 0. The molecule has 0 saturated heterocycles. The molecule has 22 heavy (non-hydrogen) atoms. The van der Waals surface area contributed by atoms with Crippen molar-refractivity contribution in [3.05, 3.63) is 70.7 Å². The van der Waals surface area contributed by atoms with Crippen molar-refractivity contribution in [2.75, 3.05) is 6.54 Å². The summed E-state index contributed by atoms with van der Waals surface area (Å²) in [6.07, 6.45) is 6.72. The quantitative estimate of drug-likeness (QED) is 0.844. The zero-order valence-corrected chi connectivity index (χ0v) is 11.7. The molecule has 0 aromatic heterocycles. The molecule has 5 nitrogen and oxygen atoms in total. The highest BCUT2D eigenvalue weighted by molar-refractivity contribution is 6.03. The van der Waals surface area contributed by atoms with E-state index in [4.69, 9.17) is 0 Å². The highest BCUT2D eigenvalue weighted by atomic mass is 16.1. The lowest BCUT2D eigenvalue weighted by atomic mass is 10.1. The fraction of sp³-hybridized carbons (Fsp3) is 0.118. The van der Waals surface area contributed by atoms with Crippen LogP contribution in [0.3, 0.4) is 0 Å². The number of rotatable bonds is 2. The monoisotopic (exact) mass is 291 g/mol. The molecule has 3 aliphatic rings. The molecule has 1 amide bonds. The van der Waals surface area contributed by atoms with Crippen LogP contribution >= 0.6 is 0 Å². The van der Waals surface area contributed by atoms with Crippen LogP contribution in [0.15, 0.2) is 64.6 Å². The second-order valence-corrected chi connectivity index (χ2v) is 5.33. The molecule has 0 radical (unpaired) electrons. The SMILES string of the molecule is O=Cc1ccc(C2=NC=C3C=CC(=O)NC4=C3N2CC4)cc1. The minimum atomic E-state index is -0.100. The van der Waals surface area contributed by atoms with E-state index in [9.17, 15) is 9.59 Å². The van der Waals surface area contributed by atoms with Gasteiger partial charge in [0.15, 0.2) is 0 Å². The van der Waals surface area contributed by atoms with Crippen molar-refractivity contribution in [3.8, 4) is 0 Å².